The van der Waals surface area contributed by atoms with Crippen molar-refractivity contribution in [2.24, 2.45) is 0 Å². The fourth-order valence-electron chi connectivity index (χ4n) is 8.83. The second kappa shape index (κ2) is 20.0. The van der Waals surface area contributed by atoms with Gasteiger partial charge in [0.15, 0.2) is 0 Å². The first-order valence-corrected chi connectivity index (χ1v) is 22.5. The van der Waals surface area contributed by atoms with Crippen LogP contribution < -0.4 is 9.47 Å². The molecule has 8 aromatic rings. The van der Waals surface area contributed by atoms with Crippen LogP contribution >= 0.6 is 0 Å². The summed E-state index contributed by atoms with van der Waals surface area (Å²) in [6, 6.07) is 33.5. The molecule has 2 aliphatic rings. The third-order valence-electron chi connectivity index (χ3n) is 12.1. The zero-order valence-electron chi connectivity index (χ0n) is 36.6. The molecule has 2 saturated heterocycles. The number of fused-ring (bicyclic) bond motifs is 2. The molecule has 0 radical (unpaired) electrons. The van der Waals surface area contributed by atoms with Crippen LogP contribution in [0.4, 0.5) is 0 Å². The predicted molar refractivity (Wildman–Crippen MR) is 247 cm³/mol. The zero-order chi connectivity index (χ0) is 43.8. The third-order valence-corrected chi connectivity index (χ3v) is 12.1. The second-order valence-corrected chi connectivity index (χ2v) is 16.0. The molecule has 0 saturated carbocycles. The van der Waals surface area contributed by atoms with Gasteiger partial charge in [-0.15, -0.1) is 0 Å². The fraction of sp³-hybridized carbons (Fsp3) is 0.360. The SMILES string of the molecule is CCc1nn(C2CCOCC2)c2cc(-c3ccnn3-c3ccc(OCCO)cc3)ccc12.CCc1nn(C2CCOCC2)c2cc(-c3ccnn3-c3cccc(OCCO)c3)ccc12. The summed E-state index contributed by atoms with van der Waals surface area (Å²) in [7, 11) is 0. The Balaban J connectivity index is 0.000000162. The maximum atomic E-state index is 9.04. The molecular formula is C50H56N8O6. The Morgan fingerprint density at radius 2 is 1.06 bits per heavy atom. The van der Waals surface area contributed by atoms with Crippen LogP contribution in [0.3, 0.4) is 0 Å². The Bertz CT molecular complexity index is 2780. The van der Waals surface area contributed by atoms with Gasteiger partial charge in [0.1, 0.15) is 24.7 Å². The van der Waals surface area contributed by atoms with Crippen molar-refractivity contribution in [1.29, 1.82) is 0 Å². The second-order valence-electron chi connectivity index (χ2n) is 16.0. The number of aromatic nitrogens is 8. The van der Waals surface area contributed by atoms with Crippen LogP contribution in [0.1, 0.15) is 63.0 Å². The van der Waals surface area contributed by atoms with Crippen molar-refractivity contribution >= 4 is 21.8 Å². The van der Waals surface area contributed by atoms with Crippen LogP contribution in [-0.4, -0.2) is 102 Å². The molecule has 0 aliphatic carbocycles. The fourth-order valence-corrected chi connectivity index (χ4v) is 8.83. The van der Waals surface area contributed by atoms with Crippen molar-refractivity contribution in [3.63, 3.8) is 0 Å². The van der Waals surface area contributed by atoms with E-state index in [-0.39, 0.29) is 26.4 Å². The van der Waals surface area contributed by atoms with Crippen molar-refractivity contribution in [3.05, 3.63) is 121 Å². The van der Waals surface area contributed by atoms with E-state index in [2.05, 4.69) is 69.8 Å². The number of ether oxygens (including phenoxy) is 4. The van der Waals surface area contributed by atoms with Crippen molar-refractivity contribution < 1.29 is 29.2 Å². The molecule has 10 rings (SSSR count). The summed E-state index contributed by atoms with van der Waals surface area (Å²) >= 11 is 0. The van der Waals surface area contributed by atoms with Gasteiger partial charge < -0.3 is 29.2 Å². The molecule has 4 aromatic heterocycles. The summed E-state index contributed by atoms with van der Waals surface area (Å²) in [5, 5.41) is 39.5. The van der Waals surface area contributed by atoms with Gasteiger partial charge in [-0.05, 0) is 99.2 Å². The Kier molecular flexibility index (Phi) is 13.4. The highest BCUT2D eigenvalue weighted by molar-refractivity contribution is 5.88. The molecule has 332 valence electrons. The topological polar surface area (TPSA) is 149 Å². The van der Waals surface area contributed by atoms with Gasteiger partial charge in [-0.1, -0.05) is 44.2 Å². The van der Waals surface area contributed by atoms with Gasteiger partial charge in [0, 0.05) is 54.4 Å². The molecule has 14 nitrogen and oxygen atoms in total. The largest absolute Gasteiger partial charge is 0.491 e. The molecule has 14 heteroatoms. The molecule has 2 aliphatic heterocycles. The molecule has 2 fully saturated rings. The number of hydrogen-bond donors (Lipinski definition) is 2. The molecule has 0 unspecified atom stereocenters. The summed E-state index contributed by atoms with van der Waals surface area (Å²) in [6.45, 7) is 8.00. The third kappa shape index (κ3) is 9.04. The number of aryl methyl sites for hydroxylation is 2. The van der Waals surface area contributed by atoms with E-state index >= 15 is 0 Å². The van der Waals surface area contributed by atoms with E-state index in [4.69, 9.17) is 39.4 Å². The molecular weight excluding hydrogens is 809 g/mol. The first-order valence-electron chi connectivity index (χ1n) is 22.5. The number of benzene rings is 4. The lowest BCUT2D eigenvalue weighted by Gasteiger charge is -2.23. The van der Waals surface area contributed by atoms with E-state index < -0.39 is 0 Å². The van der Waals surface area contributed by atoms with Crippen LogP contribution in [0.2, 0.25) is 0 Å². The summed E-state index contributed by atoms with van der Waals surface area (Å²) in [6.07, 6.45) is 9.42. The number of nitrogens with zero attached hydrogens (tertiary/aromatic N) is 8. The molecule has 0 atom stereocenters. The standard InChI is InChI=1S/2C25H28N4O3/c1-2-23-22-8-3-18(17-25(22)29(27-23)20-10-14-31-15-11-20)24-9-12-26-28(24)19-4-6-21(7-5-19)32-16-13-30;1-2-23-22-7-6-18(16-25(22)29(27-23)19-9-13-31-14-10-19)24-8-11-26-28(24)20-4-3-5-21(17-20)32-15-12-30/h3-9,12,17,20,30H,2,10-11,13-16H2,1H3;3-8,11,16-17,19,30H,2,9-10,12-15H2,1H3. The summed E-state index contributed by atoms with van der Waals surface area (Å²) in [5.41, 5.74) is 10.7. The lowest BCUT2D eigenvalue weighted by atomic mass is 10.1. The maximum Gasteiger partial charge on any atom is 0.121 e. The average Bonchev–Trinajstić information content (AvgIpc) is 4.19. The van der Waals surface area contributed by atoms with E-state index in [1.807, 2.05) is 82.4 Å². The van der Waals surface area contributed by atoms with E-state index in [0.29, 0.717) is 17.8 Å². The number of hydrogen-bond acceptors (Lipinski definition) is 10. The van der Waals surface area contributed by atoms with Crippen LogP contribution in [0, 0.1) is 0 Å². The minimum Gasteiger partial charge on any atom is -0.491 e. The lowest BCUT2D eigenvalue weighted by Crippen LogP contribution is -2.20. The van der Waals surface area contributed by atoms with Crippen molar-refractivity contribution in [3.8, 4) is 45.4 Å². The van der Waals surface area contributed by atoms with Gasteiger partial charge in [0.05, 0.1) is 82.9 Å². The first-order chi connectivity index (χ1) is 31.6. The molecule has 2 N–H and O–H groups in total. The van der Waals surface area contributed by atoms with Gasteiger partial charge >= 0.3 is 0 Å². The average molecular weight is 865 g/mol. The highest BCUT2D eigenvalue weighted by Gasteiger charge is 2.23. The van der Waals surface area contributed by atoms with Crippen molar-refractivity contribution in [1.82, 2.24) is 39.1 Å². The van der Waals surface area contributed by atoms with Gasteiger partial charge in [-0.2, -0.15) is 20.4 Å². The van der Waals surface area contributed by atoms with Gasteiger partial charge in [-0.25, -0.2) is 9.36 Å². The molecule has 0 amide bonds. The van der Waals surface area contributed by atoms with Crippen LogP contribution in [-0.2, 0) is 22.3 Å². The lowest BCUT2D eigenvalue weighted by molar-refractivity contribution is 0.0673. The van der Waals surface area contributed by atoms with E-state index in [0.717, 1.165) is 116 Å². The smallest absolute Gasteiger partial charge is 0.121 e. The monoisotopic (exact) mass is 864 g/mol. The Hall–Kier alpha value is -6.32. The van der Waals surface area contributed by atoms with E-state index in [9.17, 15) is 0 Å². The van der Waals surface area contributed by atoms with Gasteiger partial charge in [-0.3, -0.25) is 9.36 Å². The molecule has 64 heavy (non-hydrogen) atoms. The number of aliphatic hydroxyl groups excluding tert-OH is 2. The minimum absolute atomic E-state index is 0.00224. The predicted octanol–water partition coefficient (Wildman–Crippen LogP) is 8.35. The Morgan fingerprint density at radius 3 is 1.56 bits per heavy atom. The quantitative estimate of drug-likeness (QED) is 0.109. The number of aliphatic hydroxyl groups is 2. The van der Waals surface area contributed by atoms with E-state index in [1.54, 1.807) is 0 Å². The highest BCUT2D eigenvalue weighted by atomic mass is 16.5. The molecule has 0 bridgehead atoms. The first kappa shape index (κ1) is 43.0. The van der Waals surface area contributed by atoms with Crippen LogP contribution in [0.25, 0.3) is 55.7 Å². The van der Waals surface area contributed by atoms with Crippen LogP contribution in [0.15, 0.2) is 109 Å². The molecule has 6 heterocycles. The van der Waals surface area contributed by atoms with E-state index in [1.165, 1.54) is 21.8 Å². The van der Waals surface area contributed by atoms with Crippen LogP contribution in [0.5, 0.6) is 11.5 Å². The molecule has 0 spiro atoms. The molecule has 4 aromatic carbocycles. The Morgan fingerprint density at radius 1 is 0.562 bits per heavy atom. The van der Waals surface area contributed by atoms with Crippen molar-refractivity contribution in [2.75, 3.05) is 52.9 Å². The van der Waals surface area contributed by atoms with Crippen molar-refractivity contribution in [2.45, 2.75) is 64.5 Å². The highest BCUT2D eigenvalue weighted by Crippen LogP contribution is 2.34. The van der Waals surface area contributed by atoms with Gasteiger partial charge in [0.2, 0.25) is 0 Å². The summed E-state index contributed by atoms with van der Waals surface area (Å²) in [4.78, 5) is 0. The minimum atomic E-state index is -0.0161. The Labute approximate surface area is 372 Å². The zero-order valence-corrected chi connectivity index (χ0v) is 36.6. The normalized spacial score (nSPS) is 14.8. The summed E-state index contributed by atoms with van der Waals surface area (Å²) < 4.78 is 30.5. The number of rotatable bonds is 14. The summed E-state index contributed by atoms with van der Waals surface area (Å²) in [5.74, 6) is 1.43. The maximum absolute atomic E-state index is 9.04. The van der Waals surface area contributed by atoms with Gasteiger partial charge in [0.25, 0.3) is 0 Å².